The smallest absolute Gasteiger partial charge is 0.224 e. The van der Waals surface area contributed by atoms with Gasteiger partial charge in [-0.05, 0) is 22.4 Å². The van der Waals surface area contributed by atoms with Crippen molar-refractivity contribution >= 4 is 27.6 Å². The van der Waals surface area contributed by atoms with Crippen molar-refractivity contribution in [3.63, 3.8) is 0 Å². The van der Waals surface area contributed by atoms with Gasteiger partial charge >= 0.3 is 0 Å². The molecule has 0 aliphatic carbocycles. The second-order valence-electron chi connectivity index (χ2n) is 8.32. The fourth-order valence-electron chi connectivity index (χ4n) is 4.56. The minimum absolute atomic E-state index is 0.0104. The summed E-state index contributed by atoms with van der Waals surface area (Å²) in [5.41, 5.74) is 4.26. The number of quaternary nitrogens is 1. The molecule has 0 spiro atoms. The number of benzene rings is 3. The first-order chi connectivity index (χ1) is 14.8. The highest BCUT2D eigenvalue weighted by atomic mass is 16.3. The highest BCUT2D eigenvalue weighted by molar-refractivity contribution is 6.08. The van der Waals surface area contributed by atoms with Gasteiger partial charge < -0.3 is 14.6 Å². The molecule has 1 saturated heterocycles. The molecule has 0 saturated carbocycles. The quantitative estimate of drug-likeness (QED) is 0.520. The van der Waals surface area contributed by atoms with Crippen LogP contribution in [0.15, 0.2) is 71.3 Å². The maximum atomic E-state index is 12.6. The monoisotopic (exact) mass is 399 g/mol. The maximum Gasteiger partial charge on any atom is 0.224 e. The molecule has 1 amide bonds. The van der Waals surface area contributed by atoms with Crippen molar-refractivity contribution < 1.29 is 14.1 Å². The Balaban J connectivity index is 1.23. The van der Waals surface area contributed by atoms with Gasteiger partial charge in [0.1, 0.15) is 12.1 Å². The largest absolute Gasteiger partial charge is 0.464 e. The number of hydrogen-bond donors (Lipinski definition) is 2. The lowest BCUT2D eigenvalue weighted by molar-refractivity contribution is -0.901. The van der Waals surface area contributed by atoms with Gasteiger partial charge in [0.05, 0.1) is 25.8 Å². The summed E-state index contributed by atoms with van der Waals surface area (Å²) in [7, 11) is 0. The fourth-order valence-corrected chi connectivity index (χ4v) is 4.56. The van der Waals surface area contributed by atoms with E-state index in [1.165, 1.54) is 31.5 Å². The number of fused-ring (bicyclic) bond motifs is 3. The van der Waals surface area contributed by atoms with E-state index in [1.807, 2.05) is 18.2 Å². The molecule has 0 radical (unpaired) electrons. The Labute approximate surface area is 176 Å². The van der Waals surface area contributed by atoms with Gasteiger partial charge in [-0.3, -0.25) is 4.79 Å². The predicted octanol–water partition coefficient (Wildman–Crippen LogP) is 3.62. The first-order valence-corrected chi connectivity index (χ1v) is 10.8. The molecule has 1 aromatic heterocycles. The van der Waals surface area contributed by atoms with E-state index in [4.69, 9.17) is 4.42 Å². The molecule has 4 aromatic rings. The Bertz CT molecular complexity index is 1170. The molecule has 1 aliphatic heterocycles. The first kappa shape index (κ1) is 18.9. The summed E-state index contributed by atoms with van der Waals surface area (Å²) in [6, 6.07) is 20.9. The molecule has 5 rings (SSSR count). The van der Waals surface area contributed by atoms with Crippen molar-refractivity contribution in [2.75, 3.05) is 13.1 Å². The van der Waals surface area contributed by atoms with Gasteiger partial charge in [0.25, 0.3) is 0 Å². The summed E-state index contributed by atoms with van der Waals surface area (Å²) in [5, 5.41) is 6.38. The number of hydrogen-bond acceptors (Lipinski definition) is 2. The molecule has 30 heavy (non-hydrogen) atoms. The van der Waals surface area contributed by atoms with Gasteiger partial charge in [0.15, 0.2) is 0 Å². The van der Waals surface area contributed by atoms with Gasteiger partial charge in [0.2, 0.25) is 5.91 Å². The molecule has 4 nitrogen and oxygen atoms in total. The minimum Gasteiger partial charge on any atom is -0.464 e. The van der Waals surface area contributed by atoms with E-state index >= 15 is 0 Å². The third-order valence-electron chi connectivity index (χ3n) is 6.17. The summed E-state index contributed by atoms with van der Waals surface area (Å²) in [6.07, 6.45) is 4.73. The van der Waals surface area contributed by atoms with E-state index < -0.39 is 0 Å². The van der Waals surface area contributed by atoms with Crippen LogP contribution in [0.2, 0.25) is 0 Å². The zero-order valence-electron chi connectivity index (χ0n) is 17.1. The molecule has 152 valence electrons. The van der Waals surface area contributed by atoms with Crippen LogP contribution in [0, 0.1) is 0 Å². The number of likely N-dealkylation sites (tertiary alicyclic amines) is 1. The number of carbonyl (C=O) groups excluding carboxylic acids is 1. The highest BCUT2D eigenvalue weighted by Gasteiger charge is 2.16. The van der Waals surface area contributed by atoms with Gasteiger partial charge in [-0.1, -0.05) is 54.6 Å². The standard InChI is InChI=1S/C26H26N2O2/c29-25(27-16-19-7-9-20(10-8-19)17-28-13-3-4-14-28)15-22-18-30-24-12-11-21-5-1-2-6-23(21)26(22)24/h1-2,5-12,18H,3-4,13-17H2,(H,27,29)/p+1. The Morgan fingerprint density at radius 2 is 1.70 bits per heavy atom. The molecule has 1 aliphatic rings. The lowest BCUT2D eigenvalue weighted by Gasteiger charge is -2.12. The van der Waals surface area contributed by atoms with Gasteiger partial charge in [-0.2, -0.15) is 0 Å². The topological polar surface area (TPSA) is 46.7 Å². The van der Waals surface area contributed by atoms with E-state index in [0.717, 1.165) is 39.4 Å². The number of amides is 1. The van der Waals surface area contributed by atoms with E-state index in [2.05, 4.69) is 47.8 Å². The Morgan fingerprint density at radius 1 is 0.933 bits per heavy atom. The van der Waals surface area contributed by atoms with Crippen molar-refractivity contribution in [2.45, 2.75) is 32.4 Å². The molecular weight excluding hydrogens is 372 g/mol. The number of rotatable bonds is 6. The number of carbonyl (C=O) groups is 1. The first-order valence-electron chi connectivity index (χ1n) is 10.8. The second kappa shape index (κ2) is 8.33. The number of nitrogens with one attached hydrogen (secondary N) is 2. The fraction of sp³-hybridized carbons (Fsp3) is 0.269. The van der Waals surface area contributed by atoms with Gasteiger partial charge in [0, 0.05) is 35.9 Å². The summed E-state index contributed by atoms with van der Waals surface area (Å²) in [6.45, 7) is 4.23. The molecule has 0 bridgehead atoms. The Morgan fingerprint density at radius 3 is 2.53 bits per heavy atom. The molecule has 0 unspecified atom stereocenters. The summed E-state index contributed by atoms with van der Waals surface area (Å²) in [4.78, 5) is 14.3. The van der Waals surface area contributed by atoms with E-state index in [0.29, 0.717) is 13.0 Å². The number of furan rings is 1. The van der Waals surface area contributed by atoms with Crippen LogP contribution in [0.3, 0.4) is 0 Å². The van der Waals surface area contributed by atoms with E-state index in [9.17, 15) is 4.79 Å². The summed E-state index contributed by atoms with van der Waals surface area (Å²) < 4.78 is 5.71. The lowest BCUT2D eigenvalue weighted by Crippen LogP contribution is -3.08. The van der Waals surface area contributed by atoms with Crippen molar-refractivity contribution in [3.8, 4) is 0 Å². The Kier molecular flexibility index (Phi) is 5.24. The SMILES string of the molecule is O=C(Cc1coc2ccc3ccccc3c12)NCc1ccc(C[NH+]2CCCC2)cc1. The van der Waals surface area contributed by atoms with Gasteiger partial charge in [-0.25, -0.2) is 0 Å². The van der Waals surface area contributed by atoms with Crippen LogP contribution in [-0.4, -0.2) is 19.0 Å². The molecule has 1 fully saturated rings. The average molecular weight is 400 g/mol. The second-order valence-corrected chi connectivity index (χ2v) is 8.32. The van der Waals surface area contributed by atoms with Crippen LogP contribution in [0.25, 0.3) is 21.7 Å². The molecule has 3 aromatic carbocycles. The van der Waals surface area contributed by atoms with Crippen LogP contribution in [-0.2, 0) is 24.3 Å². The normalized spacial score (nSPS) is 14.5. The van der Waals surface area contributed by atoms with Crippen LogP contribution < -0.4 is 10.2 Å². The third-order valence-corrected chi connectivity index (χ3v) is 6.17. The van der Waals surface area contributed by atoms with Crippen molar-refractivity contribution in [2.24, 2.45) is 0 Å². The lowest BCUT2D eigenvalue weighted by atomic mass is 10.0. The molecule has 4 heteroatoms. The highest BCUT2D eigenvalue weighted by Crippen LogP contribution is 2.30. The Hall–Kier alpha value is -3.11. The zero-order chi connectivity index (χ0) is 20.3. The van der Waals surface area contributed by atoms with Crippen LogP contribution in [0.5, 0.6) is 0 Å². The molecule has 0 atom stereocenters. The predicted molar refractivity (Wildman–Crippen MR) is 119 cm³/mol. The molecule has 2 N–H and O–H groups in total. The maximum absolute atomic E-state index is 12.6. The van der Waals surface area contributed by atoms with Crippen LogP contribution >= 0.6 is 0 Å². The van der Waals surface area contributed by atoms with E-state index in [1.54, 1.807) is 11.2 Å². The summed E-state index contributed by atoms with van der Waals surface area (Å²) >= 11 is 0. The van der Waals surface area contributed by atoms with Crippen LogP contribution in [0.1, 0.15) is 29.5 Å². The third kappa shape index (κ3) is 3.96. The molecular formula is C26H27N2O2+. The minimum atomic E-state index is 0.0104. The zero-order valence-corrected chi connectivity index (χ0v) is 17.1. The van der Waals surface area contributed by atoms with Crippen LogP contribution in [0.4, 0.5) is 0 Å². The summed E-state index contributed by atoms with van der Waals surface area (Å²) in [5.74, 6) is 0.0104. The van der Waals surface area contributed by atoms with Gasteiger partial charge in [-0.15, -0.1) is 0 Å². The average Bonchev–Trinajstić information content (AvgIpc) is 3.43. The van der Waals surface area contributed by atoms with Crippen molar-refractivity contribution in [1.29, 1.82) is 0 Å². The van der Waals surface area contributed by atoms with E-state index in [-0.39, 0.29) is 5.91 Å². The van der Waals surface area contributed by atoms with Crippen molar-refractivity contribution in [1.82, 2.24) is 5.32 Å². The van der Waals surface area contributed by atoms with Crippen molar-refractivity contribution in [3.05, 3.63) is 83.6 Å². The molecule has 2 heterocycles.